The third kappa shape index (κ3) is 5.73. The zero-order valence-corrected chi connectivity index (χ0v) is 15.4. The van der Waals surface area contributed by atoms with Crippen LogP contribution in [0.25, 0.3) is 0 Å². The van der Waals surface area contributed by atoms with Crippen molar-refractivity contribution in [1.82, 2.24) is 5.32 Å². The van der Waals surface area contributed by atoms with Crippen molar-refractivity contribution in [2.75, 3.05) is 13.1 Å². The van der Waals surface area contributed by atoms with Crippen molar-refractivity contribution in [1.29, 1.82) is 0 Å². The number of halogens is 2. The fraction of sp³-hybridized carbons (Fsp3) is 0.316. The Labute approximate surface area is 150 Å². The third-order valence-corrected chi connectivity index (χ3v) is 4.53. The van der Waals surface area contributed by atoms with Gasteiger partial charge in [-0.25, -0.2) is 4.39 Å². The van der Waals surface area contributed by atoms with Crippen LogP contribution >= 0.6 is 15.9 Å². The molecule has 2 rings (SSSR count). The van der Waals surface area contributed by atoms with Crippen molar-refractivity contribution >= 4 is 21.8 Å². The van der Waals surface area contributed by atoms with E-state index in [4.69, 9.17) is 0 Å². The molecule has 0 spiro atoms. The van der Waals surface area contributed by atoms with Crippen molar-refractivity contribution in [2.45, 2.75) is 25.8 Å². The molecule has 2 aromatic rings. The van der Waals surface area contributed by atoms with E-state index in [1.807, 2.05) is 17.4 Å². The van der Waals surface area contributed by atoms with Crippen LogP contribution < -0.4 is 10.6 Å². The first-order chi connectivity index (χ1) is 11.6. The first-order valence-corrected chi connectivity index (χ1v) is 8.98. The Hall–Kier alpha value is -1.72. The van der Waals surface area contributed by atoms with Crippen molar-refractivity contribution in [3.8, 4) is 0 Å². The highest BCUT2D eigenvalue weighted by molar-refractivity contribution is 9.10. The van der Waals surface area contributed by atoms with E-state index in [9.17, 15) is 9.18 Å². The predicted octanol–water partition coefficient (Wildman–Crippen LogP) is 2.96. The summed E-state index contributed by atoms with van der Waals surface area (Å²) in [6.07, 6.45) is 1.45. The quantitative estimate of drug-likeness (QED) is 0.711. The minimum atomic E-state index is -0.223. The molecule has 128 valence electrons. The van der Waals surface area contributed by atoms with Crippen LogP contribution in [0.1, 0.15) is 30.5 Å². The van der Waals surface area contributed by atoms with Gasteiger partial charge in [0, 0.05) is 23.0 Å². The summed E-state index contributed by atoms with van der Waals surface area (Å²) in [4.78, 5) is 12.0. The maximum Gasteiger partial charge on any atom is 0.275 e. The minimum absolute atomic E-state index is 0.0260. The predicted molar refractivity (Wildman–Crippen MR) is 97.1 cm³/mol. The Morgan fingerprint density at radius 2 is 1.92 bits per heavy atom. The first kappa shape index (κ1) is 18.6. The standard InChI is InChI=1S/C19H22BrFN2O/c1-2-18(15-7-9-16(20)10-8-15)23-13-19(24)22-12-11-14-5-3-4-6-17(14)21/h3-10,18,23H,2,11-13H2,1H3,(H,22,24)/p+1/t18-/m0/s1. The molecular weight excluding hydrogens is 371 g/mol. The zero-order valence-electron chi connectivity index (χ0n) is 13.8. The van der Waals surface area contributed by atoms with Gasteiger partial charge in [0.1, 0.15) is 11.9 Å². The molecule has 0 aliphatic rings. The zero-order chi connectivity index (χ0) is 17.4. The summed E-state index contributed by atoms with van der Waals surface area (Å²) in [5.74, 6) is -0.249. The number of quaternary nitrogens is 1. The number of benzene rings is 2. The van der Waals surface area contributed by atoms with E-state index in [0.29, 0.717) is 25.1 Å². The number of amides is 1. The van der Waals surface area contributed by atoms with E-state index in [1.165, 1.54) is 11.6 Å². The topological polar surface area (TPSA) is 45.7 Å². The van der Waals surface area contributed by atoms with Crippen LogP contribution in [0, 0.1) is 5.82 Å². The fourth-order valence-corrected chi connectivity index (χ4v) is 2.87. The number of carbonyl (C=O) groups is 1. The number of nitrogens with two attached hydrogens (primary N) is 1. The second kappa shape index (κ2) is 9.55. The minimum Gasteiger partial charge on any atom is -0.351 e. The summed E-state index contributed by atoms with van der Waals surface area (Å²) in [6.45, 7) is 2.92. The van der Waals surface area contributed by atoms with E-state index < -0.39 is 0 Å². The van der Waals surface area contributed by atoms with Gasteiger partial charge in [0.15, 0.2) is 6.54 Å². The second-order valence-electron chi connectivity index (χ2n) is 5.70. The molecule has 1 amide bonds. The SMILES string of the molecule is CC[C@H]([NH2+]CC(=O)NCCc1ccccc1F)c1ccc(Br)cc1. The molecule has 2 aromatic carbocycles. The van der Waals surface area contributed by atoms with Gasteiger partial charge in [-0.05, 0) is 30.2 Å². The van der Waals surface area contributed by atoms with E-state index in [2.05, 4.69) is 40.3 Å². The number of hydrogen-bond acceptors (Lipinski definition) is 1. The van der Waals surface area contributed by atoms with Gasteiger partial charge in [-0.2, -0.15) is 0 Å². The van der Waals surface area contributed by atoms with Crippen molar-refractivity contribution in [3.05, 3.63) is 69.9 Å². The molecule has 0 fully saturated rings. The Bertz CT molecular complexity index is 661. The van der Waals surface area contributed by atoms with Gasteiger partial charge in [0.25, 0.3) is 5.91 Å². The number of carbonyl (C=O) groups excluding carboxylic acids is 1. The molecular formula is C19H23BrFN2O+. The maximum atomic E-state index is 13.5. The summed E-state index contributed by atoms with van der Waals surface area (Å²) in [6, 6.07) is 15.1. The lowest BCUT2D eigenvalue weighted by Gasteiger charge is -2.14. The number of nitrogens with one attached hydrogen (secondary N) is 1. The van der Waals surface area contributed by atoms with E-state index in [1.54, 1.807) is 18.2 Å². The number of hydrogen-bond donors (Lipinski definition) is 2. The normalized spacial score (nSPS) is 12.0. The molecule has 0 bridgehead atoms. The monoisotopic (exact) mass is 393 g/mol. The molecule has 0 heterocycles. The van der Waals surface area contributed by atoms with Gasteiger partial charge in [0.2, 0.25) is 0 Å². The Morgan fingerprint density at radius 3 is 2.58 bits per heavy atom. The van der Waals surface area contributed by atoms with Gasteiger partial charge in [0.05, 0.1) is 0 Å². The molecule has 3 N–H and O–H groups in total. The highest BCUT2D eigenvalue weighted by atomic mass is 79.9. The van der Waals surface area contributed by atoms with Crippen molar-refractivity contribution < 1.29 is 14.5 Å². The van der Waals surface area contributed by atoms with Gasteiger partial charge < -0.3 is 10.6 Å². The lowest BCUT2D eigenvalue weighted by molar-refractivity contribution is -0.686. The molecule has 0 radical (unpaired) electrons. The molecule has 0 saturated carbocycles. The van der Waals surface area contributed by atoms with E-state index in [-0.39, 0.29) is 17.8 Å². The van der Waals surface area contributed by atoms with Crippen LogP contribution in [0.15, 0.2) is 53.0 Å². The van der Waals surface area contributed by atoms with Crippen LogP contribution in [0.3, 0.4) is 0 Å². The Morgan fingerprint density at radius 1 is 1.21 bits per heavy atom. The Balaban J connectivity index is 1.75. The molecule has 0 saturated heterocycles. The highest BCUT2D eigenvalue weighted by Crippen LogP contribution is 2.16. The summed E-state index contributed by atoms with van der Waals surface area (Å²) in [5.41, 5.74) is 1.84. The molecule has 1 atom stereocenters. The molecule has 0 aliphatic carbocycles. The highest BCUT2D eigenvalue weighted by Gasteiger charge is 2.14. The molecule has 5 heteroatoms. The average molecular weight is 394 g/mol. The van der Waals surface area contributed by atoms with Crippen LogP contribution in [-0.2, 0) is 11.2 Å². The van der Waals surface area contributed by atoms with Crippen LogP contribution in [0.5, 0.6) is 0 Å². The van der Waals surface area contributed by atoms with Crippen molar-refractivity contribution in [3.63, 3.8) is 0 Å². The molecule has 0 aliphatic heterocycles. The lowest BCUT2D eigenvalue weighted by Crippen LogP contribution is -2.87. The Kier molecular flexibility index (Phi) is 7.40. The maximum absolute atomic E-state index is 13.5. The number of rotatable bonds is 8. The van der Waals surface area contributed by atoms with Crippen LogP contribution in [-0.4, -0.2) is 19.0 Å². The molecule has 24 heavy (non-hydrogen) atoms. The summed E-state index contributed by atoms with van der Waals surface area (Å²) in [5, 5.41) is 4.90. The van der Waals surface area contributed by atoms with Gasteiger partial charge >= 0.3 is 0 Å². The van der Waals surface area contributed by atoms with Crippen molar-refractivity contribution in [2.24, 2.45) is 0 Å². The smallest absolute Gasteiger partial charge is 0.275 e. The fourth-order valence-electron chi connectivity index (χ4n) is 2.61. The first-order valence-electron chi connectivity index (χ1n) is 8.19. The summed E-state index contributed by atoms with van der Waals surface area (Å²) in [7, 11) is 0. The van der Waals surface area contributed by atoms with Gasteiger partial charge in [-0.1, -0.05) is 53.2 Å². The van der Waals surface area contributed by atoms with E-state index in [0.717, 1.165) is 10.9 Å². The molecule has 0 aromatic heterocycles. The van der Waals surface area contributed by atoms with Gasteiger partial charge in [-0.15, -0.1) is 0 Å². The molecule has 0 unspecified atom stereocenters. The summed E-state index contributed by atoms with van der Waals surface area (Å²) >= 11 is 3.43. The van der Waals surface area contributed by atoms with Gasteiger partial charge in [-0.3, -0.25) is 4.79 Å². The van der Waals surface area contributed by atoms with Crippen LogP contribution in [0.4, 0.5) is 4.39 Å². The van der Waals surface area contributed by atoms with E-state index >= 15 is 0 Å². The average Bonchev–Trinajstić information content (AvgIpc) is 2.58. The largest absolute Gasteiger partial charge is 0.351 e. The molecule has 3 nitrogen and oxygen atoms in total. The second-order valence-corrected chi connectivity index (χ2v) is 6.61. The lowest BCUT2D eigenvalue weighted by atomic mass is 10.0. The van der Waals surface area contributed by atoms with Crippen LogP contribution in [0.2, 0.25) is 0 Å². The summed E-state index contributed by atoms with van der Waals surface area (Å²) < 4.78 is 14.6. The third-order valence-electron chi connectivity index (χ3n) is 4.00.